The van der Waals surface area contributed by atoms with E-state index in [4.69, 9.17) is 0 Å². The lowest BCUT2D eigenvalue weighted by molar-refractivity contribution is -0.120. The third-order valence-electron chi connectivity index (χ3n) is 3.19. The van der Waals surface area contributed by atoms with E-state index in [9.17, 15) is 4.79 Å². The zero-order chi connectivity index (χ0) is 15.2. The Morgan fingerprint density at radius 3 is 2.86 bits per heavy atom. The van der Waals surface area contributed by atoms with Gasteiger partial charge < -0.3 is 10.6 Å². The summed E-state index contributed by atoms with van der Waals surface area (Å²) in [6.07, 6.45) is 3.48. The van der Waals surface area contributed by atoms with E-state index in [1.54, 1.807) is 12.4 Å². The zero-order valence-electron chi connectivity index (χ0n) is 12.1. The highest BCUT2D eigenvalue weighted by Crippen LogP contribution is 2.19. The molecular weight excluding hydrogens is 330 g/mol. The molecule has 0 saturated heterocycles. The summed E-state index contributed by atoms with van der Waals surface area (Å²) in [5.41, 5.74) is 3.05. The number of hydrogen-bond acceptors (Lipinski definition) is 3. The summed E-state index contributed by atoms with van der Waals surface area (Å²) >= 11 is 3.42. The fourth-order valence-corrected chi connectivity index (χ4v) is 2.48. The van der Waals surface area contributed by atoms with Gasteiger partial charge in [0.2, 0.25) is 5.91 Å². The van der Waals surface area contributed by atoms with Crippen molar-refractivity contribution in [1.29, 1.82) is 0 Å². The molecule has 0 aliphatic heterocycles. The predicted molar refractivity (Wildman–Crippen MR) is 88.2 cm³/mol. The lowest BCUT2D eigenvalue weighted by Gasteiger charge is -2.15. The first kappa shape index (κ1) is 15.5. The normalized spacial score (nSPS) is 11.8. The van der Waals surface area contributed by atoms with Crippen LogP contribution in [0.4, 0.5) is 5.69 Å². The standard InChI is InChI=1S/C16H18BrN3O/c1-11-8-14(17)5-6-15(11)19-10-16(21)20-12(2)13-4-3-7-18-9-13/h3-9,12,19H,10H2,1-2H3,(H,20,21)/t12-/m1/s1. The molecule has 4 nitrogen and oxygen atoms in total. The molecule has 0 fully saturated rings. The molecule has 0 radical (unpaired) electrons. The Hall–Kier alpha value is -1.88. The molecule has 0 saturated carbocycles. The first-order valence-corrected chi connectivity index (χ1v) is 7.55. The largest absolute Gasteiger partial charge is 0.376 e. The maximum Gasteiger partial charge on any atom is 0.239 e. The molecule has 5 heteroatoms. The number of hydrogen-bond donors (Lipinski definition) is 2. The minimum Gasteiger partial charge on any atom is -0.376 e. The van der Waals surface area contributed by atoms with Gasteiger partial charge in [0.15, 0.2) is 0 Å². The van der Waals surface area contributed by atoms with E-state index >= 15 is 0 Å². The van der Waals surface area contributed by atoms with Crippen LogP contribution in [0.15, 0.2) is 47.2 Å². The van der Waals surface area contributed by atoms with Crippen LogP contribution in [0.25, 0.3) is 0 Å². The lowest BCUT2D eigenvalue weighted by atomic mass is 10.1. The molecule has 1 aromatic carbocycles. The van der Waals surface area contributed by atoms with E-state index in [0.29, 0.717) is 0 Å². The number of amides is 1. The van der Waals surface area contributed by atoms with Gasteiger partial charge in [0.25, 0.3) is 0 Å². The van der Waals surface area contributed by atoms with Crippen molar-refractivity contribution >= 4 is 27.5 Å². The van der Waals surface area contributed by atoms with Crippen LogP contribution in [0.1, 0.15) is 24.1 Å². The summed E-state index contributed by atoms with van der Waals surface area (Å²) in [6, 6.07) is 9.67. The highest BCUT2D eigenvalue weighted by molar-refractivity contribution is 9.10. The monoisotopic (exact) mass is 347 g/mol. The van der Waals surface area contributed by atoms with Gasteiger partial charge in [0.1, 0.15) is 0 Å². The van der Waals surface area contributed by atoms with E-state index < -0.39 is 0 Å². The van der Waals surface area contributed by atoms with Gasteiger partial charge in [-0.2, -0.15) is 0 Å². The third kappa shape index (κ3) is 4.56. The number of nitrogens with one attached hydrogen (secondary N) is 2. The summed E-state index contributed by atoms with van der Waals surface area (Å²) in [5.74, 6) is -0.0475. The van der Waals surface area contributed by atoms with Gasteiger partial charge in [-0.05, 0) is 49.2 Å². The van der Waals surface area contributed by atoms with Gasteiger partial charge in [-0.3, -0.25) is 9.78 Å². The van der Waals surface area contributed by atoms with Crippen molar-refractivity contribution in [3.63, 3.8) is 0 Å². The van der Waals surface area contributed by atoms with Crippen LogP contribution in [0.5, 0.6) is 0 Å². The van der Waals surface area contributed by atoms with Crippen LogP contribution >= 0.6 is 15.9 Å². The summed E-state index contributed by atoms with van der Waals surface area (Å²) in [6.45, 7) is 4.19. The third-order valence-corrected chi connectivity index (χ3v) is 3.68. The van der Waals surface area contributed by atoms with Crippen molar-refractivity contribution in [1.82, 2.24) is 10.3 Å². The maximum atomic E-state index is 12.0. The first-order valence-electron chi connectivity index (χ1n) is 6.75. The van der Waals surface area contributed by atoms with Gasteiger partial charge >= 0.3 is 0 Å². The molecule has 1 amide bonds. The number of carbonyl (C=O) groups is 1. The van der Waals surface area contributed by atoms with Crippen molar-refractivity contribution in [2.24, 2.45) is 0 Å². The molecule has 1 atom stereocenters. The second-order valence-corrected chi connectivity index (χ2v) is 5.80. The van der Waals surface area contributed by atoms with E-state index in [0.717, 1.165) is 21.3 Å². The van der Waals surface area contributed by atoms with Crippen LogP contribution in [-0.2, 0) is 4.79 Å². The molecule has 0 spiro atoms. The first-order chi connectivity index (χ1) is 10.1. The predicted octanol–water partition coefficient (Wildman–Crippen LogP) is 3.44. The summed E-state index contributed by atoms with van der Waals surface area (Å²) < 4.78 is 1.03. The van der Waals surface area contributed by atoms with Crippen molar-refractivity contribution in [3.8, 4) is 0 Å². The average molecular weight is 348 g/mol. The zero-order valence-corrected chi connectivity index (χ0v) is 13.6. The smallest absolute Gasteiger partial charge is 0.239 e. The molecule has 0 bridgehead atoms. The summed E-state index contributed by atoms with van der Waals surface area (Å²) in [5, 5.41) is 6.09. The van der Waals surface area contributed by atoms with Gasteiger partial charge in [0.05, 0.1) is 12.6 Å². The number of carbonyl (C=O) groups excluding carboxylic acids is 1. The fourth-order valence-electron chi connectivity index (χ4n) is 2.01. The Kier molecular flexibility index (Phi) is 5.33. The summed E-state index contributed by atoms with van der Waals surface area (Å²) in [4.78, 5) is 16.0. The Morgan fingerprint density at radius 2 is 2.19 bits per heavy atom. The minimum absolute atomic E-state index is 0.0475. The molecule has 2 aromatic rings. The molecule has 110 valence electrons. The number of anilines is 1. The highest BCUT2D eigenvalue weighted by atomic mass is 79.9. The second-order valence-electron chi connectivity index (χ2n) is 4.89. The van der Waals surface area contributed by atoms with Crippen molar-refractivity contribution in [2.75, 3.05) is 11.9 Å². The molecule has 0 aliphatic rings. The van der Waals surface area contributed by atoms with Gasteiger partial charge in [-0.15, -0.1) is 0 Å². The number of rotatable bonds is 5. The van der Waals surface area contributed by atoms with Crippen molar-refractivity contribution in [3.05, 3.63) is 58.3 Å². The Balaban J connectivity index is 1.87. The number of benzene rings is 1. The fraction of sp³-hybridized carbons (Fsp3) is 0.250. The highest BCUT2D eigenvalue weighted by Gasteiger charge is 2.09. The number of nitrogens with zero attached hydrogens (tertiary/aromatic N) is 1. The van der Waals surface area contributed by atoms with E-state index in [1.807, 2.05) is 44.2 Å². The van der Waals surface area contributed by atoms with Gasteiger partial charge in [-0.25, -0.2) is 0 Å². The van der Waals surface area contributed by atoms with Gasteiger partial charge in [0, 0.05) is 22.6 Å². The Bertz CT molecular complexity index is 616. The topological polar surface area (TPSA) is 54.0 Å². The molecule has 21 heavy (non-hydrogen) atoms. The van der Waals surface area contributed by atoms with Gasteiger partial charge in [-0.1, -0.05) is 22.0 Å². The molecule has 0 aliphatic carbocycles. The average Bonchev–Trinajstić information content (AvgIpc) is 2.47. The Morgan fingerprint density at radius 1 is 1.38 bits per heavy atom. The maximum absolute atomic E-state index is 12.0. The molecular formula is C16H18BrN3O. The number of aryl methyl sites for hydroxylation is 1. The summed E-state index contributed by atoms with van der Waals surface area (Å²) in [7, 11) is 0. The molecule has 1 heterocycles. The quantitative estimate of drug-likeness (QED) is 0.870. The molecule has 1 aromatic heterocycles. The number of pyridine rings is 1. The number of aromatic nitrogens is 1. The van der Waals surface area contributed by atoms with E-state index in [-0.39, 0.29) is 18.5 Å². The second kappa shape index (κ2) is 7.22. The van der Waals surface area contributed by atoms with Crippen molar-refractivity contribution < 1.29 is 4.79 Å². The molecule has 2 N–H and O–H groups in total. The van der Waals surface area contributed by atoms with Crippen LogP contribution < -0.4 is 10.6 Å². The van der Waals surface area contributed by atoms with E-state index in [2.05, 4.69) is 31.5 Å². The van der Waals surface area contributed by atoms with Crippen LogP contribution in [0.2, 0.25) is 0 Å². The molecule has 2 rings (SSSR count). The van der Waals surface area contributed by atoms with Crippen LogP contribution in [-0.4, -0.2) is 17.4 Å². The lowest BCUT2D eigenvalue weighted by Crippen LogP contribution is -2.32. The SMILES string of the molecule is Cc1cc(Br)ccc1NCC(=O)N[C@H](C)c1cccnc1. The minimum atomic E-state index is -0.0565. The number of halogens is 1. The molecule has 0 unspecified atom stereocenters. The van der Waals surface area contributed by atoms with Crippen LogP contribution in [0.3, 0.4) is 0 Å². The van der Waals surface area contributed by atoms with Crippen molar-refractivity contribution in [2.45, 2.75) is 19.9 Å². The Labute approximate surface area is 133 Å². The van der Waals surface area contributed by atoms with E-state index in [1.165, 1.54) is 0 Å². The van der Waals surface area contributed by atoms with Crippen LogP contribution in [0, 0.1) is 6.92 Å².